The van der Waals surface area contributed by atoms with Crippen LogP contribution in [0.25, 0.3) is 0 Å². The van der Waals surface area contributed by atoms with Crippen molar-refractivity contribution < 1.29 is 19.2 Å². The van der Waals surface area contributed by atoms with Crippen molar-refractivity contribution in [1.82, 2.24) is 10.6 Å². The van der Waals surface area contributed by atoms with Crippen LogP contribution < -0.4 is 15.4 Å². The van der Waals surface area contributed by atoms with Gasteiger partial charge in [-0.15, -0.1) is 0 Å². The van der Waals surface area contributed by atoms with Crippen molar-refractivity contribution in [3.8, 4) is 5.75 Å². The van der Waals surface area contributed by atoms with E-state index in [2.05, 4.69) is 10.6 Å². The van der Waals surface area contributed by atoms with Gasteiger partial charge in [-0.05, 0) is 31.9 Å². The van der Waals surface area contributed by atoms with Crippen molar-refractivity contribution in [2.45, 2.75) is 51.2 Å². The highest BCUT2D eigenvalue weighted by Gasteiger charge is 2.24. The van der Waals surface area contributed by atoms with Crippen LogP contribution in [0.3, 0.4) is 0 Å². The number of urea groups is 1. The van der Waals surface area contributed by atoms with E-state index in [1.807, 2.05) is 0 Å². The van der Waals surface area contributed by atoms with E-state index in [1.54, 1.807) is 0 Å². The van der Waals surface area contributed by atoms with Gasteiger partial charge in [0.25, 0.3) is 5.91 Å². The van der Waals surface area contributed by atoms with Crippen molar-refractivity contribution in [1.29, 1.82) is 0 Å². The normalized spacial score (nSPS) is 15.9. The molecule has 9 heteroatoms. The molecule has 2 N–H and O–H groups in total. The minimum Gasteiger partial charge on any atom is -0.474 e. The minimum atomic E-state index is -1.09. The number of nitrogens with zero attached hydrogens (tertiary/aromatic N) is 1. The van der Waals surface area contributed by atoms with E-state index in [-0.39, 0.29) is 22.5 Å². The average molecular weight is 370 g/mol. The molecule has 0 saturated heterocycles. The molecule has 0 bridgehead atoms. The average Bonchev–Trinajstić information content (AvgIpc) is 2.56. The van der Waals surface area contributed by atoms with Gasteiger partial charge >= 0.3 is 11.7 Å². The number of amides is 3. The van der Waals surface area contributed by atoms with Crippen molar-refractivity contribution in [2.24, 2.45) is 0 Å². The topological polar surface area (TPSA) is 111 Å². The lowest BCUT2D eigenvalue weighted by molar-refractivity contribution is -0.386. The third-order valence-electron chi connectivity index (χ3n) is 3.97. The molecule has 0 heterocycles. The van der Waals surface area contributed by atoms with Gasteiger partial charge in [0, 0.05) is 17.1 Å². The molecule has 0 spiro atoms. The fraction of sp³-hybridized carbons (Fsp3) is 0.500. The third kappa shape index (κ3) is 5.60. The maximum absolute atomic E-state index is 12.1. The first kappa shape index (κ1) is 19.0. The van der Waals surface area contributed by atoms with Gasteiger partial charge in [-0.25, -0.2) is 4.79 Å². The highest BCUT2D eigenvalue weighted by atomic mass is 35.5. The fourth-order valence-corrected chi connectivity index (χ4v) is 2.83. The molecule has 1 aromatic carbocycles. The molecule has 3 amide bonds. The molecule has 1 aliphatic carbocycles. The molecule has 8 nitrogen and oxygen atoms in total. The van der Waals surface area contributed by atoms with Crippen LogP contribution in [0.1, 0.15) is 39.0 Å². The second-order valence-corrected chi connectivity index (χ2v) is 6.36. The number of imide groups is 1. The SMILES string of the molecule is C[C@H](Oc1ccc(Cl)cc1[N+](=O)[O-])C(=O)NC(=O)NC1CCCCC1. The Morgan fingerprint density at radius 2 is 2.00 bits per heavy atom. The second kappa shape index (κ2) is 8.66. The van der Waals surface area contributed by atoms with Gasteiger partial charge in [-0.2, -0.15) is 0 Å². The van der Waals surface area contributed by atoms with E-state index < -0.39 is 23.0 Å². The number of carbonyl (C=O) groups is 2. The Kier molecular flexibility index (Phi) is 6.58. The first-order valence-corrected chi connectivity index (χ1v) is 8.46. The van der Waals surface area contributed by atoms with Gasteiger partial charge in [0.1, 0.15) is 0 Å². The Hall–Kier alpha value is -2.35. The van der Waals surface area contributed by atoms with Crippen molar-refractivity contribution >= 4 is 29.2 Å². The van der Waals surface area contributed by atoms with E-state index in [0.717, 1.165) is 38.2 Å². The Balaban J connectivity index is 1.91. The first-order valence-electron chi connectivity index (χ1n) is 8.09. The van der Waals surface area contributed by atoms with E-state index in [1.165, 1.54) is 19.1 Å². The number of rotatable bonds is 5. The van der Waals surface area contributed by atoms with Gasteiger partial charge in [-0.3, -0.25) is 20.2 Å². The number of nitrogens with one attached hydrogen (secondary N) is 2. The molecule has 1 fully saturated rings. The number of ether oxygens (including phenoxy) is 1. The molecule has 0 unspecified atom stereocenters. The molecule has 136 valence electrons. The molecule has 0 aliphatic heterocycles. The van der Waals surface area contributed by atoms with E-state index in [4.69, 9.17) is 16.3 Å². The zero-order valence-electron chi connectivity index (χ0n) is 13.8. The zero-order valence-corrected chi connectivity index (χ0v) is 14.5. The first-order chi connectivity index (χ1) is 11.9. The molecule has 25 heavy (non-hydrogen) atoms. The Morgan fingerprint density at radius 3 is 2.64 bits per heavy atom. The molecule has 1 aromatic rings. The summed E-state index contributed by atoms with van der Waals surface area (Å²) in [6.07, 6.45) is 3.97. The predicted octanol–water partition coefficient (Wildman–Crippen LogP) is 3.17. The molecular weight excluding hydrogens is 350 g/mol. The summed E-state index contributed by atoms with van der Waals surface area (Å²) >= 11 is 5.73. The van der Waals surface area contributed by atoms with Crippen LogP contribution in [-0.4, -0.2) is 29.0 Å². The Bertz CT molecular complexity index is 661. The second-order valence-electron chi connectivity index (χ2n) is 5.93. The maximum atomic E-state index is 12.1. The molecular formula is C16H20ClN3O5. The highest BCUT2D eigenvalue weighted by molar-refractivity contribution is 6.30. The van der Waals surface area contributed by atoms with Crippen LogP contribution in [0.2, 0.25) is 5.02 Å². The molecule has 0 aromatic heterocycles. The lowest BCUT2D eigenvalue weighted by atomic mass is 9.96. The van der Waals surface area contributed by atoms with Gasteiger partial charge in [0.05, 0.1) is 4.92 Å². The summed E-state index contributed by atoms with van der Waals surface area (Å²) in [5.74, 6) is -0.776. The standard InChI is InChI=1S/C16H20ClN3O5/c1-10(25-14-8-7-11(17)9-13(14)20(23)24)15(21)19-16(22)18-12-5-3-2-4-6-12/h7-10,12H,2-6H2,1H3,(H2,18,19,21,22)/t10-/m0/s1. The van der Waals surface area contributed by atoms with Crippen LogP contribution in [0, 0.1) is 10.1 Å². The lowest BCUT2D eigenvalue weighted by Gasteiger charge is -2.23. The molecule has 2 rings (SSSR count). The van der Waals surface area contributed by atoms with Gasteiger partial charge in [-0.1, -0.05) is 30.9 Å². The van der Waals surface area contributed by atoms with Crippen LogP contribution >= 0.6 is 11.6 Å². The summed E-state index contributed by atoms with van der Waals surface area (Å²) < 4.78 is 5.32. The van der Waals surface area contributed by atoms with Gasteiger partial charge in [0.15, 0.2) is 11.9 Å². The molecule has 1 atom stereocenters. The number of halogens is 1. The predicted molar refractivity (Wildman–Crippen MR) is 91.7 cm³/mol. The number of hydrogen-bond donors (Lipinski definition) is 2. The minimum absolute atomic E-state index is 0.0649. The smallest absolute Gasteiger partial charge is 0.321 e. The summed E-state index contributed by atoms with van der Waals surface area (Å²) in [5.41, 5.74) is -0.348. The molecule has 1 saturated carbocycles. The van der Waals surface area contributed by atoms with E-state index in [0.29, 0.717) is 0 Å². The lowest BCUT2D eigenvalue weighted by Crippen LogP contribution is -2.48. The summed E-state index contributed by atoms with van der Waals surface area (Å²) in [6, 6.07) is 3.35. The number of benzene rings is 1. The zero-order chi connectivity index (χ0) is 18.4. The van der Waals surface area contributed by atoms with Crippen molar-refractivity contribution in [3.63, 3.8) is 0 Å². The van der Waals surface area contributed by atoms with E-state index >= 15 is 0 Å². The summed E-state index contributed by atoms with van der Waals surface area (Å²) in [5, 5.41) is 16.2. The van der Waals surface area contributed by atoms with Crippen LogP contribution in [0.4, 0.5) is 10.5 Å². The Morgan fingerprint density at radius 1 is 1.32 bits per heavy atom. The van der Waals surface area contributed by atoms with Crippen LogP contribution in [0.15, 0.2) is 18.2 Å². The number of nitro benzene ring substituents is 1. The fourth-order valence-electron chi connectivity index (χ4n) is 2.66. The quantitative estimate of drug-likeness (QED) is 0.611. The van der Waals surface area contributed by atoms with Crippen molar-refractivity contribution in [2.75, 3.05) is 0 Å². The largest absolute Gasteiger partial charge is 0.474 e. The van der Waals surface area contributed by atoms with Gasteiger partial charge in [0.2, 0.25) is 0 Å². The summed E-state index contributed by atoms with van der Waals surface area (Å²) in [6.45, 7) is 1.40. The van der Waals surface area contributed by atoms with E-state index in [9.17, 15) is 19.7 Å². The summed E-state index contributed by atoms with van der Waals surface area (Å²) in [4.78, 5) is 34.3. The highest BCUT2D eigenvalue weighted by Crippen LogP contribution is 2.30. The summed E-state index contributed by atoms with van der Waals surface area (Å²) in [7, 11) is 0. The molecule has 0 radical (unpaired) electrons. The number of nitro groups is 1. The maximum Gasteiger partial charge on any atom is 0.321 e. The third-order valence-corrected chi connectivity index (χ3v) is 4.20. The van der Waals surface area contributed by atoms with Crippen molar-refractivity contribution in [3.05, 3.63) is 33.3 Å². The molecule has 1 aliphatic rings. The number of hydrogen-bond acceptors (Lipinski definition) is 5. The van der Waals surface area contributed by atoms with Crippen LogP contribution in [0.5, 0.6) is 5.75 Å². The van der Waals surface area contributed by atoms with Gasteiger partial charge < -0.3 is 10.1 Å². The Labute approximate surface area is 150 Å². The van der Waals surface area contributed by atoms with Crippen LogP contribution in [-0.2, 0) is 4.79 Å². The number of carbonyl (C=O) groups excluding carboxylic acids is 2. The monoisotopic (exact) mass is 369 g/mol.